The van der Waals surface area contributed by atoms with Crippen LogP contribution in [0.2, 0.25) is 0 Å². The van der Waals surface area contributed by atoms with Gasteiger partial charge >= 0.3 is 0 Å². The predicted octanol–water partition coefficient (Wildman–Crippen LogP) is 0.475. The first-order valence-electron chi connectivity index (χ1n) is 7.05. The van der Waals surface area contributed by atoms with Crippen LogP contribution in [0.5, 0.6) is 0 Å². The van der Waals surface area contributed by atoms with Crippen molar-refractivity contribution in [3.05, 3.63) is 18.2 Å². The molecule has 110 valence electrons. The molecule has 0 aromatic carbocycles. The van der Waals surface area contributed by atoms with Crippen LogP contribution in [-0.2, 0) is 22.6 Å². The molecule has 0 spiro atoms. The van der Waals surface area contributed by atoms with Crippen molar-refractivity contribution in [2.45, 2.75) is 52.2 Å². The lowest BCUT2D eigenvalue weighted by Gasteiger charge is -2.28. The van der Waals surface area contributed by atoms with Gasteiger partial charge in [0.15, 0.2) is 0 Å². The maximum absolute atomic E-state index is 12.3. The van der Waals surface area contributed by atoms with Gasteiger partial charge in [-0.1, -0.05) is 13.8 Å². The molecule has 0 bridgehead atoms. The van der Waals surface area contributed by atoms with Crippen LogP contribution in [0.25, 0.3) is 0 Å². The topological polar surface area (TPSA) is 76.0 Å². The zero-order chi connectivity index (χ0) is 14.7. The van der Waals surface area contributed by atoms with Crippen molar-refractivity contribution < 1.29 is 9.59 Å². The Morgan fingerprint density at radius 3 is 2.85 bits per heavy atom. The van der Waals surface area contributed by atoms with E-state index in [4.69, 9.17) is 0 Å². The van der Waals surface area contributed by atoms with E-state index in [1.54, 1.807) is 6.20 Å². The highest BCUT2D eigenvalue weighted by Gasteiger charge is 2.27. The predicted molar refractivity (Wildman–Crippen MR) is 74.9 cm³/mol. The number of nitrogens with zero attached hydrogens (tertiary/aromatic N) is 2. The number of carbonyl (C=O) groups is 2. The zero-order valence-corrected chi connectivity index (χ0v) is 12.2. The molecule has 0 radical (unpaired) electrons. The molecular weight excluding hydrogens is 256 g/mol. The maximum atomic E-state index is 12.3. The lowest BCUT2D eigenvalue weighted by molar-refractivity contribution is -0.129. The summed E-state index contributed by atoms with van der Waals surface area (Å²) >= 11 is 0. The Bertz CT molecular complexity index is 495. The highest BCUT2D eigenvalue weighted by Crippen LogP contribution is 2.13. The van der Waals surface area contributed by atoms with Gasteiger partial charge in [0.1, 0.15) is 11.9 Å². The number of aromatic nitrogens is 2. The van der Waals surface area contributed by atoms with Gasteiger partial charge in [-0.05, 0) is 12.3 Å². The minimum absolute atomic E-state index is 0.0614. The Labute approximate surface area is 119 Å². The summed E-state index contributed by atoms with van der Waals surface area (Å²) in [4.78, 5) is 27.7. The van der Waals surface area contributed by atoms with Crippen LogP contribution >= 0.6 is 0 Å². The molecule has 6 nitrogen and oxygen atoms in total. The number of carbonyl (C=O) groups excluding carboxylic acids is 2. The summed E-state index contributed by atoms with van der Waals surface area (Å²) in [6, 6.07) is -0.379. The fourth-order valence-electron chi connectivity index (χ4n) is 2.53. The van der Waals surface area contributed by atoms with Gasteiger partial charge in [-0.25, -0.2) is 4.98 Å². The van der Waals surface area contributed by atoms with Gasteiger partial charge in [-0.3, -0.25) is 9.59 Å². The normalized spacial score (nSPS) is 19.3. The monoisotopic (exact) mass is 278 g/mol. The zero-order valence-electron chi connectivity index (χ0n) is 12.2. The summed E-state index contributed by atoms with van der Waals surface area (Å²) in [5.74, 6) is 0.840. The van der Waals surface area contributed by atoms with E-state index in [0.717, 1.165) is 25.2 Å². The van der Waals surface area contributed by atoms with Crippen LogP contribution in [0.15, 0.2) is 12.4 Å². The molecule has 0 saturated heterocycles. The van der Waals surface area contributed by atoms with Crippen molar-refractivity contribution in [1.82, 2.24) is 20.2 Å². The molecule has 0 unspecified atom stereocenters. The summed E-state index contributed by atoms with van der Waals surface area (Å²) in [7, 11) is 0. The Morgan fingerprint density at radius 1 is 1.45 bits per heavy atom. The van der Waals surface area contributed by atoms with Crippen LogP contribution in [0.4, 0.5) is 0 Å². The third-order valence-electron chi connectivity index (χ3n) is 3.59. The Balaban J connectivity index is 1.95. The number of fused-ring (bicyclic) bond motifs is 1. The van der Waals surface area contributed by atoms with Gasteiger partial charge in [-0.2, -0.15) is 0 Å². The van der Waals surface area contributed by atoms with E-state index in [1.807, 2.05) is 20.0 Å². The molecule has 0 fully saturated rings. The molecule has 2 N–H and O–H groups in total. The minimum Gasteiger partial charge on any atom is -0.350 e. The van der Waals surface area contributed by atoms with E-state index >= 15 is 0 Å². The van der Waals surface area contributed by atoms with Crippen LogP contribution in [0.1, 0.15) is 33.0 Å². The van der Waals surface area contributed by atoms with Gasteiger partial charge in [0.05, 0.1) is 0 Å². The Morgan fingerprint density at radius 2 is 2.20 bits per heavy atom. The first-order chi connectivity index (χ1) is 9.47. The molecule has 6 heteroatoms. The molecule has 1 aliphatic rings. The summed E-state index contributed by atoms with van der Waals surface area (Å²) in [6.07, 6.45) is 5.47. The van der Waals surface area contributed by atoms with Crippen molar-refractivity contribution in [1.29, 1.82) is 0 Å². The second kappa shape index (κ2) is 6.07. The van der Waals surface area contributed by atoms with Gasteiger partial charge in [0.25, 0.3) is 0 Å². The van der Waals surface area contributed by atoms with Crippen LogP contribution in [0, 0.1) is 5.92 Å². The highest BCUT2D eigenvalue weighted by atomic mass is 16.2. The molecule has 2 amide bonds. The molecule has 1 aromatic rings. The largest absolute Gasteiger partial charge is 0.350 e. The second-order valence-electron chi connectivity index (χ2n) is 5.66. The van der Waals surface area contributed by atoms with E-state index in [1.165, 1.54) is 6.92 Å². The van der Waals surface area contributed by atoms with Crippen LogP contribution in [-0.4, -0.2) is 33.4 Å². The number of aryl methyl sites for hydroxylation is 1. The molecule has 20 heavy (non-hydrogen) atoms. The van der Waals surface area contributed by atoms with E-state index < -0.39 is 6.04 Å². The first-order valence-corrected chi connectivity index (χ1v) is 7.05. The summed E-state index contributed by atoms with van der Waals surface area (Å²) < 4.78 is 2.07. The number of nitrogens with one attached hydrogen (secondary N) is 2. The average molecular weight is 278 g/mol. The third kappa shape index (κ3) is 3.37. The molecule has 1 aromatic heterocycles. The van der Waals surface area contributed by atoms with Crippen molar-refractivity contribution in [3.8, 4) is 0 Å². The summed E-state index contributed by atoms with van der Waals surface area (Å²) in [5, 5.41) is 5.75. The average Bonchev–Trinajstić information content (AvgIpc) is 2.82. The molecule has 0 saturated carbocycles. The molecular formula is C14H22N4O2. The van der Waals surface area contributed by atoms with Crippen LogP contribution in [0.3, 0.4) is 0 Å². The number of amides is 2. The quantitative estimate of drug-likeness (QED) is 0.841. The van der Waals surface area contributed by atoms with Crippen molar-refractivity contribution >= 4 is 11.8 Å². The number of rotatable bonds is 4. The van der Waals surface area contributed by atoms with Gasteiger partial charge in [0.2, 0.25) is 11.8 Å². The van der Waals surface area contributed by atoms with Gasteiger partial charge in [0, 0.05) is 38.3 Å². The van der Waals surface area contributed by atoms with E-state index in [-0.39, 0.29) is 23.8 Å². The molecule has 0 aliphatic carbocycles. The highest BCUT2D eigenvalue weighted by molar-refractivity contribution is 5.87. The summed E-state index contributed by atoms with van der Waals surface area (Å²) in [5.41, 5.74) is 0. The van der Waals surface area contributed by atoms with Gasteiger partial charge in [-0.15, -0.1) is 0 Å². The Hall–Kier alpha value is -1.85. The first kappa shape index (κ1) is 14.6. The fraction of sp³-hybridized carbons (Fsp3) is 0.643. The van der Waals surface area contributed by atoms with Gasteiger partial charge < -0.3 is 15.2 Å². The van der Waals surface area contributed by atoms with Crippen molar-refractivity contribution in [2.75, 3.05) is 0 Å². The maximum Gasteiger partial charge on any atom is 0.243 e. The lowest BCUT2D eigenvalue weighted by Crippen LogP contribution is -2.53. The molecule has 2 atom stereocenters. The second-order valence-corrected chi connectivity index (χ2v) is 5.66. The fourth-order valence-corrected chi connectivity index (χ4v) is 2.53. The number of hydrogen-bond donors (Lipinski definition) is 2. The standard InChI is InChI=1S/C14H22N4O2/c1-9(2)13(16-10(3)19)14(20)17-11-4-5-12-15-6-7-18(12)8-11/h6-7,9,11,13H,4-5,8H2,1-3H3,(H,16,19)(H,17,20)/t11-,13+/m1/s1. The molecule has 1 aliphatic heterocycles. The van der Waals surface area contributed by atoms with Crippen LogP contribution < -0.4 is 10.6 Å². The number of imidazole rings is 1. The molecule has 2 heterocycles. The summed E-state index contributed by atoms with van der Waals surface area (Å²) in [6.45, 7) is 6.02. The SMILES string of the molecule is CC(=O)N[C@H](C(=O)N[C@@H]1CCc2nccn2C1)C(C)C. The minimum atomic E-state index is -0.475. The number of hydrogen-bond acceptors (Lipinski definition) is 3. The Kier molecular flexibility index (Phi) is 4.42. The van der Waals surface area contributed by atoms with E-state index in [2.05, 4.69) is 20.2 Å². The van der Waals surface area contributed by atoms with E-state index in [0.29, 0.717) is 0 Å². The van der Waals surface area contributed by atoms with E-state index in [9.17, 15) is 9.59 Å². The molecule has 2 rings (SSSR count). The smallest absolute Gasteiger partial charge is 0.243 e. The lowest BCUT2D eigenvalue weighted by atomic mass is 10.0. The van der Waals surface area contributed by atoms with Crippen molar-refractivity contribution in [3.63, 3.8) is 0 Å². The third-order valence-corrected chi connectivity index (χ3v) is 3.59. The van der Waals surface area contributed by atoms with Crippen molar-refractivity contribution in [2.24, 2.45) is 5.92 Å².